The predicted octanol–water partition coefficient (Wildman–Crippen LogP) is 3.48. The van der Waals surface area contributed by atoms with Gasteiger partial charge in [-0.05, 0) is 31.4 Å². The number of aromatic nitrogens is 2. The van der Waals surface area contributed by atoms with E-state index in [0.717, 1.165) is 47.7 Å². The first-order valence-corrected chi connectivity index (χ1v) is 7.45. The van der Waals surface area contributed by atoms with E-state index in [2.05, 4.69) is 11.5 Å². The second kappa shape index (κ2) is 4.80. The Kier molecular flexibility index (Phi) is 3.27. The number of imidazole rings is 1. The highest BCUT2D eigenvalue weighted by molar-refractivity contribution is 6.35. The Morgan fingerprint density at radius 1 is 1.42 bits per heavy atom. The van der Waals surface area contributed by atoms with E-state index in [4.69, 9.17) is 22.3 Å². The Balaban J connectivity index is 2.23. The van der Waals surface area contributed by atoms with Crippen LogP contribution in [0.3, 0.4) is 0 Å². The van der Waals surface area contributed by atoms with Crippen molar-refractivity contribution in [2.75, 3.05) is 6.54 Å². The van der Waals surface area contributed by atoms with Crippen molar-refractivity contribution in [2.24, 2.45) is 5.73 Å². The SMILES string of the molecule is CCCn1c(C2(CN)CCC2)nc2cccc(Cl)c21. The van der Waals surface area contributed by atoms with Crippen LogP contribution in [-0.2, 0) is 12.0 Å². The number of nitrogens with zero attached hydrogens (tertiary/aromatic N) is 2. The molecule has 0 unspecified atom stereocenters. The van der Waals surface area contributed by atoms with E-state index in [1.54, 1.807) is 0 Å². The summed E-state index contributed by atoms with van der Waals surface area (Å²) >= 11 is 6.37. The van der Waals surface area contributed by atoms with Gasteiger partial charge in [0, 0.05) is 18.5 Å². The summed E-state index contributed by atoms with van der Waals surface area (Å²) in [7, 11) is 0. The molecule has 1 aromatic heterocycles. The Hall–Kier alpha value is -1.06. The number of nitrogens with two attached hydrogens (primary N) is 1. The quantitative estimate of drug-likeness (QED) is 0.930. The van der Waals surface area contributed by atoms with Crippen LogP contribution in [-0.4, -0.2) is 16.1 Å². The summed E-state index contributed by atoms with van der Waals surface area (Å²) in [5.41, 5.74) is 8.19. The van der Waals surface area contributed by atoms with E-state index in [1.165, 1.54) is 6.42 Å². The summed E-state index contributed by atoms with van der Waals surface area (Å²) in [6.07, 6.45) is 4.62. The zero-order chi connectivity index (χ0) is 13.5. The number of benzene rings is 1. The molecule has 0 spiro atoms. The van der Waals surface area contributed by atoms with E-state index >= 15 is 0 Å². The molecular weight excluding hydrogens is 258 g/mol. The molecule has 0 radical (unpaired) electrons. The number of halogens is 1. The Bertz CT molecular complexity index is 593. The van der Waals surface area contributed by atoms with E-state index in [1.807, 2.05) is 18.2 Å². The lowest BCUT2D eigenvalue weighted by Crippen LogP contribution is -2.43. The van der Waals surface area contributed by atoms with Gasteiger partial charge in [-0.2, -0.15) is 0 Å². The van der Waals surface area contributed by atoms with Gasteiger partial charge in [-0.25, -0.2) is 4.98 Å². The lowest BCUT2D eigenvalue weighted by Gasteiger charge is -2.40. The van der Waals surface area contributed by atoms with Crippen LogP contribution in [0.1, 0.15) is 38.4 Å². The van der Waals surface area contributed by atoms with Gasteiger partial charge in [0.1, 0.15) is 5.82 Å². The molecule has 1 aliphatic rings. The van der Waals surface area contributed by atoms with Crippen LogP contribution in [0.25, 0.3) is 11.0 Å². The molecule has 1 aliphatic carbocycles. The number of rotatable bonds is 4. The van der Waals surface area contributed by atoms with Crippen LogP contribution in [0, 0.1) is 0 Å². The van der Waals surface area contributed by atoms with Crippen LogP contribution in [0.15, 0.2) is 18.2 Å². The van der Waals surface area contributed by atoms with Crippen molar-refractivity contribution in [1.82, 2.24) is 9.55 Å². The average Bonchev–Trinajstić information content (AvgIpc) is 2.70. The first-order valence-electron chi connectivity index (χ1n) is 7.07. The minimum Gasteiger partial charge on any atom is -0.329 e. The molecule has 0 saturated heterocycles. The van der Waals surface area contributed by atoms with E-state index < -0.39 is 0 Å². The normalized spacial score (nSPS) is 17.6. The number of aryl methyl sites for hydroxylation is 1. The minimum atomic E-state index is 0.0809. The maximum Gasteiger partial charge on any atom is 0.117 e. The Morgan fingerprint density at radius 2 is 2.21 bits per heavy atom. The fourth-order valence-electron chi connectivity index (χ4n) is 3.11. The first-order chi connectivity index (χ1) is 9.22. The van der Waals surface area contributed by atoms with E-state index in [-0.39, 0.29) is 5.41 Å². The largest absolute Gasteiger partial charge is 0.329 e. The Labute approximate surface area is 118 Å². The number of para-hydroxylation sites is 1. The fraction of sp³-hybridized carbons (Fsp3) is 0.533. The maximum absolute atomic E-state index is 6.37. The van der Waals surface area contributed by atoms with Crippen molar-refractivity contribution < 1.29 is 0 Å². The molecule has 2 aromatic rings. The monoisotopic (exact) mass is 277 g/mol. The van der Waals surface area contributed by atoms with Gasteiger partial charge in [-0.3, -0.25) is 0 Å². The zero-order valence-corrected chi connectivity index (χ0v) is 12.1. The molecule has 0 atom stereocenters. The molecule has 1 fully saturated rings. The van der Waals surface area contributed by atoms with Gasteiger partial charge < -0.3 is 10.3 Å². The smallest absolute Gasteiger partial charge is 0.117 e. The van der Waals surface area contributed by atoms with E-state index in [0.29, 0.717) is 6.54 Å². The molecule has 0 aliphatic heterocycles. The van der Waals surface area contributed by atoms with Crippen LogP contribution in [0.5, 0.6) is 0 Å². The molecule has 1 aromatic carbocycles. The summed E-state index contributed by atoms with van der Waals surface area (Å²) in [5, 5.41) is 0.788. The van der Waals surface area contributed by atoms with Crippen LogP contribution >= 0.6 is 11.6 Å². The lowest BCUT2D eigenvalue weighted by molar-refractivity contribution is 0.231. The molecule has 2 N–H and O–H groups in total. The molecule has 19 heavy (non-hydrogen) atoms. The molecule has 102 valence electrons. The van der Waals surface area contributed by atoms with Crippen LogP contribution < -0.4 is 5.73 Å². The van der Waals surface area contributed by atoms with Crippen LogP contribution in [0.4, 0.5) is 0 Å². The number of hydrogen-bond acceptors (Lipinski definition) is 2. The van der Waals surface area contributed by atoms with Gasteiger partial charge in [0.15, 0.2) is 0 Å². The molecule has 0 bridgehead atoms. The van der Waals surface area contributed by atoms with Crippen molar-refractivity contribution >= 4 is 22.6 Å². The molecule has 4 heteroatoms. The highest BCUT2D eigenvalue weighted by atomic mass is 35.5. The molecule has 3 rings (SSSR count). The van der Waals surface area contributed by atoms with Crippen molar-refractivity contribution in [1.29, 1.82) is 0 Å². The first kappa shape index (κ1) is 12.9. The summed E-state index contributed by atoms with van der Waals surface area (Å²) < 4.78 is 2.30. The van der Waals surface area contributed by atoms with Gasteiger partial charge in [-0.1, -0.05) is 31.0 Å². The van der Waals surface area contributed by atoms with Gasteiger partial charge in [0.25, 0.3) is 0 Å². The third kappa shape index (κ3) is 1.87. The van der Waals surface area contributed by atoms with Crippen molar-refractivity contribution in [3.63, 3.8) is 0 Å². The van der Waals surface area contributed by atoms with Gasteiger partial charge in [0.05, 0.1) is 16.1 Å². The van der Waals surface area contributed by atoms with Crippen molar-refractivity contribution in [3.05, 3.63) is 29.0 Å². The highest BCUT2D eigenvalue weighted by Gasteiger charge is 2.41. The third-order valence-corrected chi connectivity index (χ3v) is 4.65. The molecule has 0 amide bonds. The van der Waals surface area contributed by atoms with Crippen LogP contribution in [0.2, 0.25) is 5.02 Å². The zero-order valence-electron chi connectivity index (χ0n) is 11.3. The second-order valence-corrected chi connectivity index (χ2v) is 5.94. The third-order valence-electron chi connectivity index (χ3n) is 4.34. The molecule has 1 saturated carbocycles. The number of hydrogen-bond donors (Lipinski definition) is 1. The molecular formula is C15H20ClN3. The van der Waals surface area contributed by atoms with Crippen molar-refractivity contribution in [2.45, 2.75) is 44.6 Å². The van der Waals surface area contributed by atoms with Gasteiger partial charge in [0.2, 0.25) is 0 Å². The minimum absolute atomic E-state index is 0.0809. The number of fused-ring (bicyclic) bond motifs is 1. The second-order valence-electron chi connectivity index (χ2n) is 5.53. The summed E-state index contributed by atoms with van der Waals surface area (Å²) in [4.78, 5) is 4.86. The fourth-order valence-corrected chi connectivity index (χ4v) is 3.38. The van der Waals surface area contributed by atoms with Crippen molar-refractivity contribution in [3.8, 4) is 0 Å². The standard InChI is InChI=1S/C15H20ClN3/c1-2-9-19-13-11(16)5-3-6-12(13)18-14(19)15(10-17)7-4-8-15/h3,5-6H,2,4,7-10,17H2,1H3. The predicted molar refractivity (Wildman–Crippen MR) is 79.6 cm³/mol. The topological polar surface area (TPSA) is 43.8 Å². The molecule has 3 nitrogen and oxygen atoms in total. The Morgan fingerprint density at radius 3 is 2.79 bits per heavy atom. The maximum atomic E-state index is 6.37. The lowest BCUT2D eigenvalue weighted by atomic mass is 9.68. The summed E-state index contributed by atoms with van der Waals surface area (Å²) in [5.74, 6) is 1.14. The summed E-state index contributed by atoms with van der Waals surface area (Å²) in [6, 6.07) is 5.95. The van der Waals surface area contributed by atoms with Gasteiger partial charge in [-0.15, -0.1) is 0 Å². The van der Waals surface area contributed by atoms with E-state index in [9.17, 15) is 0 Å². The summed E-state index contributed by atoms with van der Waals surface area (Å²) in [6.45, 7) is 3.82. The van der Waals surface area contributed by atoms with Gasteiger partial charge >= 0.3 is 0 Å². The molecule has 1 heterocycles. The average molecular weight is 278 g/mol. The highest BCUT2D eigenvalue weighted by Crippen LogP contribution is 2.43.